The predicted molar refractivity (Wildman–Crippen MR) is 74.5 cm³/mol. The van der Waals surface area contributed by atoms with Crippen LogP contribution in [0.5, 0.6) is 5.75 Å². The first-order chi connectivity index (χ1) is 8.67. The molecule has 0 bridgehead atoms. The molecule has 1 aliphatic carbocycles. The Labute approximate surface area is 110 Å². The first kappa shape index (κ1) is 13.4. The molecular weight excluding hydrogens is 224 g/mol. The maximum atomic E-state index is 5.74. The van der Waals surface area contributed by atoms with E-state index in [1.165, 1.54) is 36.0 Å². The van der Waals surface area contributed by atoms with E-state index in [0.29, 0.717) is 0 Å². The van der Waals surface area contributed by atoms with Gasteiger partial charge in [0, 0.05) is 11.6 Å². The normalized spacial score (nSPS) is 17.3. The highest BCUT2D eigenvalue weighted by atomic mass is 16.5. The average Bonchev–Trinajstić information content (AvgIpc) is 2.32. The van der Waals surface area contributed by atoms with Gasteiger partial charge in [-0.2, -0.15) is 0 Å². The summed E-state index contributed by atoms with van der Waals surface area (Å²) in [5.74, 6) is 7.54. The molecule has 1 aliphatic rings. The zero-order valence-corrected chi connectivity index (χ0v) is 11.6. The number of nitrogens with two attached hydrogens (primary N) is 1. The summed E-state index contributed by atoms with van der Waals surface area (Å²) in [6.45, 7) is 4.22. The Bertz CT molecular complexity index is 413. The number of benzene rings is 1. The molecule has 18 heavy (non-hydrogen) atoms. The number of ether oxygens (including phenoxy) is 1. The van der Waals surface area contributed by atoms with Crippen LogP contribution in [0, 0.1) is 19.8 Å². The molecule has 3 nitrogen and oxygen atoms in total. The molecule has 1 aromatic rings. The van der Waals surface area contributed by atoms with Crippen LogP contribution in [0.15, 0.2) is 12.1 Å². The van der Waals surface area contributed by atoms with E-state index in [-0.39, 0.29) is 6.04 Å². The van der Waals surface area contributed by atoms with Crippen molar-refractivity contribution in [1.29, 1.82) is 0 Å². The summed E-state index contributed by atoms with van der Waals surface area (Å²) in [6.07, 6.45) is 5.15. The third kappa shape index (κ3) is 2.52. The molecule has 2 rings (SSSR count). The molecule has 1 saturated carbocycles. The van der Waals surface area contributed by atoms with Crippen molar-refractivity contribution < 1.29 is 4.74 Å². The summed E-state index contributed by atoms with van der Waals surface area (Å²) in [5.41, 5.74) is 6.62. The van der Waals surface area contributed by atoms with Crippen molar-refractivity contribution in [2.45, 2.75) is 45.6 Å². The molecule has 1 atom stereocenters. The molecule has 100 valence electrons. The Hall–Kier alpha value is -1.06. The maximum absolute atomic E-state index is 5.74. The average molecular weight is 248 g/mol. The first-order valence-corrected chi connectivity index (χ1v) is 6.77. The van der Waals surface area contributed by atoms with Gasteiger partial charge in [-0.05, 0) is 37.3 Å². The molecule has 0 amide bonds. The Morgan fingerprint density at radius 1 is 1.39 bits per heavy atom. The largest absolute Gasteiger partial charge is 0.496 e. The highest BCUT2D eigenvalue weighted by Gasteiger charge is 2.25. The number of hydrogen-bond donors (Lipinski definition) is 2. The lowest BCUT2D eigenvalue weighted by Gasteiger charge is -2.30. The summed E-state index contributed by atoms with van der Waals surface area (Å²) >= 11 is 0. The second-order valence-electron chi connectivity index (χ2n) is 5.38. The Morgan fingerprint density at radius 3 is 2.61 bits per heavy atom. The number of methoxy groups -OCH3 is 1. The van der Waals surface area contributed by atoms with Crippen molar-refractivity contribution in [1.82, 2.24) is 5.43 Å². The minimum atomic E-state index is 0.199. The van der Waals surface area contributed by atoms with Gasteiger partial charge < -0.3 is 4.74 Å². The molecule has 1 unspecified atom stereocenters. The standard InChI is InChI=1S/C15H24N2O/c1-10-7-8-13(15(18-3)11(10)2)14(17-16)9-12-5-4-6-12/h7-8,12,14,17H,4-6,9,16H2,1-3H3. The van der Waals surface area contributed by atoms with Crippen molar-refractivity contribution in [3.05, 3.63) is 28.8 Å². The van der Waals surface area contributed by atoms with E-state index in [2.05, 4.69) is 31.4 Å². The van der Waals surface area contributed by atoms with Crippen LogP contribution in [0.2, 0.25) is 0 Å². The van der Waals surface area contributed by atoms with Crippen molar-refractivity contribution in [3.63, 3.8) is 0 Å². The third-order valence-corrected chi connectivity index (χ3v) is 4.28. The van der Waals surface area contributed by atoms with Crippen LogP contribution >= 0.6 is 0 Å². The maximum Gasteiger partial charge on any atom is 0.126 e. The molecule has 0 aliphatic heterocycles. The fraction of sp³-hybridized carbons (Fsp3) is 0.600. The Morgan fingerprint density at radius 2 is 2.11 bits per heavy atom. The van der Waals surface area contributed by atoms with Crippen LogP contribution in [0.1, 0.15) is 48.4 Å². The van der Waals surface area contributed by atoms with Gasteiger partial charge in [0.2, 0.25) is 0 Å². The first-order valence-electron chi connectivity index (χ1n) is 6.77. The van der Waals surface area contributed by atoms with Gasteiger partial charge in [-0.3, -0.25) is 11.3 Å². The smallest absolute Gasteiger partial charge is 0.126 e. The van der Waals surface area contributed by atoms with Gasteiger partial charge in [-0.15, -0.1) is 0 Å². The minimum absolute atomic E-state index is 0.199. The van der Waals surface area contributed by atoms with Crippen molar-refractivity contribution in [3.8, 4) is 5.75 Å². The van der Waals surface area contributed by atoms with Crippen molar-refractivity contribution >= 4 is 0 Å². The Balaban J connectivity index is 2.25. The number of rotatable bonds is 5. The third-order valence-electron chi connectivity index (χ3n) is 4.28. The van der Waals surface area contributed by atoms with E-state index in [1.54, 1.807) is 7.11 Å². The van der Waals surface area contributed by atoms with E-state index < -0.39 is 0 Å². The summed E-state index contributed by atoms with van der Waals surface area (Å²) in [6, 6.07) is 4.49. The van der Waals surface area contributed by atoms with Crippen molar-refractivity contribution in [2.24, 2.45) is 11.8 Å². The van der Waals surface area contributed by atoms with E-state index in [4.69, 9.17) is 10.6 Å². The van der Waals surface area contributed by atoms with E-state index >= 15 is 0 Å². The van der Waals surface area contributed by atoms with Crippen LogP contribution in [-0.4, -0.2) is 7.11 Å². The molecule has 0 heterocycles. The Kier molecular flexibility index (Phi) is 4.25. The summed E-state index contributed by atoms with van der Waals surface area (Å²) in [5, 5.41) is 0. The van der Waals surface area contributed by atoms with Gasteiger partial charge in [0.1, 0.15) is 5.75 Å². The topological polar surface area (TPSA) is 47.3 Å². The highest BCUT2D eigenvalue weighted by molar-refractivity contribution is 5.46. The van der Waals surface area contributed by atoms with Crippen molar-refractivity contribution in [2.75, 3.05) is 7.11 Å². The van der Waals surface area contributed by atoms with Gasteiger partial charge in [0.05, 0.1) is 7.11 Å². The molecule has 0 aromatic heterocycles. The molecule has 3 N–H and O–H groups in total. The van der Waals surface area contributed by atoms with Gasteiger partial charge in [-0.25, -0.2) is 0 Å². The second kappa shape index (κ2) is 5.72. The van der Waals surface area contributed by atoms with Crippen LogP contribution in [0.3, 0.4) is 0 Å². The molecule has 3 heteroatoms. The lowest BCUT2D eigenvalue weighted by Crippen LogP contribution is -2.31. The van der Waals surface area contributed by atoms with Gasteiger partial charge in [-0.1, -0.05) is 31.4 Å². The second-order valence-corrected chi connectivity index (χ2v) is 5.38. The summed E-state index contributed by atoms with van der Waals surface area (Å²) in [7, 11) is 1.74. The summed E-state index contributed by atoms with van der Waals surface area (Å²) < 4.78 is 5.58. The molecule has 1 aromatic carbocycles. The fourth-order valence-electron chi connectivity index (χ4n) is 2.70. The molecular formula is C15H24N2O. The number of nitrogens with one attached hydrogen (secondary N) is 1. The molecule has 0 saturated heterocycles. The lowest BCUT2D eigenvalue weighted by molar-refractivity contribution is 0.259. The number of hydrazine groups is 1. The quantitative estimate of drug-likeness (QED) is 0.622. The molecule has 0 spiro atoms. The highest BCUT2D eigenvalue weighted by Crippen LogP contribution is 2.38. The van der Waals surface area contributed by atoms with Gasteiger partial charge in [0.15, 0.2) is 0 Å². The van der Waals surface area contributed by atoms with E-state index in [9.17, 15) is 0 Å². The zero-order chi connectivity index (χ0) is 13.1. The molecule has 0 radical (unpaired) electrons. The predicted octanol–water partition coefficient (Wildman–Crippen LogP) is 3.01. The number of aryl methyl sites for hydroxylation is 1. The van der Waals surface area contributed by atoms with E-state index in [1.807, 2.05) is 0 Å². The van der Waals surface area contributed by atoms with Crippen LogP contribution < -0.4 is 16.0 Å². The van der Waals surface area contributed by atoms with Crippen LogP contribution in [0.25, 0.3) is 0 Å². The lowest BCUT2D eigenvalue weighted by atomic mass is 9.79. The van der Waals surface area contributed by atoms with Gasteiger partial charge >= 0.3 is 0 Å². The summed E-state index contributed by atoms with van der Waals surface area (Å²) in [4.78, 5) is 0. The minimum Gasteiger partial charge on any atom is -0.496 e. The number of hydrogen-bond acceptors (Lipinski definition) is 3. The molecule has 1 fully saturated rings. The van der Waals surface area contributed by atoms with Gasteiger partial charge in [0.25, 0.3) is 0 Å². The van der Waals surface area contributed by atoms with E-state index in [0.717, 1.165) is 18.1 Å². The van der Waals surface area contributed by atoms with Crippen LogP contribution in [-0.2, 0) is 0 Å². The van der Waals surface area contributed by atoms with Crippen LogP contribution in [0.4, 0.5) is 0 Å². The zero-order valence-electron chi connectivity index (χ0n) is 11.6. The monoisotopic (exact) mass is 248 g/mol. The SMILES string of the molecule is COc1c(C(CC2CCC2)NN)ccc(C)c1C. The fourth-order valence-corrected chi connectivity index (χ4v) is 2.70.